The van der Waals surface area contributed by atoms with E-state index in [9.17, 15) is 9.59 Å². The molecule has 0 fully saturated rings. The molecule has 2 rings (SSSR count). The Morgan fingerprint density at radius 1 is 1.00 bits per heavy atom. The average molecular weight is 340 g/mol. The van der Waals surface area contributed by atoms with E-state index >= 15 is 0 Å². The van der Waals surface area contributed by atoms with Gasteiger partial charge in [0.2, 0.25) is 11.8 Å². The molecule has 0 aromatic heterocycles. The van der Waals surface area contributed by atoms with Gasteiger partial charge in [-0.2, -0.15) is 0 Å². The Hall–Kier alpha value is -2.82. The average Bonchev–Trinajstić information content (AvgIpc) is 2.59. The number of benzene rings is 2. The van der Waals surface area contributed by atoms with E-state index in [1.807, 2.05) is 44.2 Å². The number of carbonyl (C=O) groups is 2. The van der Waals surface area contributed by atoms with Gasteiger partial charge < -0.3 is 15.4 Å². The van der Waals surface area contributed by atoms with Gasteiger partial charge in [-0.05, 0) is 48.7 Å². The van der Waals surface area contributed by atoms with Crippen LogP contribution >= 0.6 is 0 Å². The molecule has 2 aromatic carbocycles. The van der Waals surface area contributed by atoms with Crippen molar-refractivity contribution in [1.82, 2.24) is 5.32 Å². The summed E-state index contributed by atoms with van der Waals surface area (Å²) in [5, 5.41) is 5.41. The number of nitrogens with one attached hydrogen (secondary N) is 2. The van der Waals surface area contributed by atoms with E-state index in [2.05, 4.69) is 10.6 Å². The van der Waals surface area contributed by atoms with Crippen molar-refractivity contribution in [3.63, 3.8) is 0 Å². The van der Waals surface area contributed by atoms with Crippen LogP contribution in [0.2, 0.25) is 0 Å². The van der Waals surface area contributed by atoms with Crippen molar-refractivity contribution in [1.29, 1.82) is 0 Å². The molecule has 2 aromatic rings. The van der Waals surface area contributed by atoms with Crippen LogP contribution in [0.3, 0.4) is 0 Å². The highest BCUT2D eigenvalue weighted by atomic mass is 16.5. The Labute approximate surface area is 148 Å². The molecule has 0 aliphatic carbocycles. The first kappa shape index (κ1) is 18.5. The zero-order valence-electron chi connectivity index (χ0n) is 14.9. The zero-order valence-corrected chi connectivity index (χ0v) is 14.9. The van der Waals surface area contributed by atoms with E-state index in [0.29, 0.717) is 18.7 Å². The molecule has 0 aliphatic rings. The van der Waals surface area contributed by atoms with Crippen molar-refractivity contribution in [2.45, 2.75) is 26.7 Å². The van der Waals surface area contributed by atoms with Gasteiger partial charge in [-0.15, -0.1) is 0 Å². The van der Waals surface area contributed by atoms with Crippen LogP contribution in [-0.2, 0) is 16.0 Å². The highest BCUT2D eigenvalue weighted by molar-refractivity contribution is 5.90. The molecule has 0 radical (unpaired) electrons. The van der Waals surface area contributed by atoms with Crippen LogP contribution in [-0.4, -0.2) is 25.5 Å². The SMILES string of the molecule is CNC(=O)Cc1ccc(NC(=O)CCOc2cc(C)ccc2C)cc1. The van der Waals surface area contributed by atoms with E-state index in [4.69, 9.17) is 4.74 Å². The maximum Gasteiger partial charge on any atom is 0.227 e. The lowest BCUT2D eigenvalue weighted by atomic mass is 10.1. The number of rotatable bonds is 7. The summed E-state index contributed by atoms with van der Waals surface area (Å²) in [6.07, 6.45) is 0.599. The van der Waals surface area contributed by atoms with Gasteiger partial charge in [0, 0.05) is 12.7 Å². The molecule has 0 heterocycles. The molecule has 2 N–H and O–H groups in total. The van der Waals surface area contributed by atoms with Crippen molar-refractivity contribution in [3.8, 4) is 5.75 Å². The lowest BCUT2D eigenvalue weighted by Gasteiger charge is -2.10. The molecule has 0 saturated carbocycles. The second kappa shape index (κ2) is 8.87. The summed E-state index contributed by atoms with van der Waals surface area (Å²) < 4.78 is 5.70. The molecule has 0 spiro atoms. The van der Waals surface area contributed by atoms with Crippen molar-refractivity contribution < 1.29 is 14.3 Å². The van der Waals surface area contributed by atoms with Gasteiger partial charge in [-0.25, -0.2) is 0 Å². The lowest BCUT2D eigenvalue weighted by molar-refractivity contribution is -0.120. The molecule has 5 heteroatoms. The fraction of sp³-hybridized carbons (Fsp3) is 0.300. The van der Waals surface area contributed by atoms with Crippen molar-refractivity contribution >= 4 is 17.5 Å². The van der Waals surface area contributed by atoms with E-state index in [1.54, 1.807) is 19.2 Å². The van der Waals surface area contributed by atoms with Gasteiger partial charge in [0.05, 0.1) is 19.4 Å². The zero-order chi connectivity index (χ0) is 18.2. The maximum absolute atomic E-state index is 12.0. The predicted octanol–water partition coefficient (Wildman–Crippen LogP) is 3.00. The third-order valence-electron chi connectivity index (χ3n) is 3.81. The van der Waals surface area contributed by atoms with Crippen LogP contribution in [0, 0.1) is 13.8 Å². The topological polar surface area (TPSA) is 67.4 Å². The largest absolute Gasteiger partial charge is 0.493 e. The highest BCUT2D eigenvalue weighted by Crippen LogP contribution is 2.19. The predicted molar refractivity (Wildman–Crippen MR) is 98.9 cm³/mol. The number of aryl methyl sites for hydroxylation is 2. The Morgan fingerprint density at radius 3 is 2.40 bits per heavy atom. The van der Waals surface area contributed by atoms with Crippen LogP contribution in [0.4, 0.5) is 5.69 Å². The van der Waals surface area contributed by atoms with Gasteiger partial charge in [0.25, 0.3) is 0 Å². The van der Waals surface area contributed by atoms with Gasteiger partial charge in [-0.1, -0.05) is 24.3 Å². The number of likely N-dealkylation sites (N-methyl/N-ethyl adjacent to an activating group) is 1. The normalized spacial score (nSPS) is 10.2. The Morgan fingerprint density at radius 2 is 1.72 bits per heavy atom. The van der Waals surface area contributed by atoms with Crippen molar-refractivity contribution in [2.75, 3.05) is 19.0 Å². The first-order valence-electron chi connectivity index (χ1n) is 8.27. The molecule has 0 aliphatic heterocycles. The molecule has 0 bridgehead atoms. The summed E-state index contributed by atoms with van der Waals surface area (Å²) in [5.41, 5.74) is 3.78. The standard InChI is InChI=1S/C20H24N2O3/c1-14-4-5-15(2)18(12-14)25-11-10-19(23)22-17-8-6-16(7-9-17)13-20(24)21-3/h4-9,12H,10-11,13H2,1-3H3,(H,21,24)(H,22,23). The third-order valence-corrected chi connectivity index (χ3v) is 3.81. The molecule has 0 unspecified atom stereocenters. The Balaban J connectivity index is 1.80. The van der Waals surface area contributed by atoms with Gasteiger partial charge in [0.15, 0.2) is 0 Å². The van der Waals surface area contributed by atoms with E-state index in [0.717, 1.165) is 22.4 Å². The molecular formula is C20H24N2O3. The summed E-state index contributed by atoms with van der Waals surface area (Å²) in [5.74, 6) is 0.663. The Kier molecular flexibility index (Phi) is 6.57. The second-order valence-electron chi connectivity index (χ2n) is 5.96. The smallest absolute Gasteiger partial charge is 0.227 e. The third kappa shape index (κ3) is 5.95. The van der Waals surface area contributed by atoms with Gasteiger partial charge in [-0.3, -0.25) is 9.59 Å². The number of amides is 2. The number of ether oxygens (including phenoxy) is 1. The molecule has 5 nitrogen and oxygen atoms in total. The second-order valence-corrected chi connectivity index (χ2v) is 5.96. The van der Waals surface area contributed by atoms with Gasteiger partial charge >= 0.3 is 0 Å². The summed E-state index contributed by atoms with van der Waals surface area (Å²) in [7, 11) is 1.61. The van der Waals surface area contributed by atoms with Crippen LogP contribution in [0.5, 0.6) is 5.75 Å². The monoisotopic (exact) mass is 340 g/mol. The minimum Gasteiger partial charge on any atom is -0.493 e. The van der Waals surface area contributed by atoms with Crippen LogP contribution in [0.25, 0.3) is 0 Å². The lowest BCUT2D eigenvalue weighted by Crippen LogP contribution is -2.20. The molecule has 0 saturated heterocycles. The van der Waals surface area contributed by atoms with E-state index < -0.39 is 0 Å². The minimum absolute atomic E-state index is 0.0413. The number of carbonyl (C=O) groups excluding carboxylic acids is 2. The highest BCUT2D eigenvalue weighted by Gasteiger charge is 2.06. The number of anilines is 1. The summed E-state index contributed by atoms with van der Waals surface area (Å²) in [6.45, 7) is 4.31. The van der Waals surface area contributed by atoms with Crippen LogP contribution < -0.4 is 15.4 Å². The fourth-order valence-corrected chi connectivity index (χ4v) is 2.32. The van der Waals surface area contributed by atoms with Crippen molar-refractivity contribution in [2.24, 2.45) is 0 Å². The fourth-order valence-electron chi connectivity index (χ4n) is 2.32. The maximum atomic E-state index is 12.0. The summed E-state index contributed by atoms with van der Waals surface area (Å²) >= 11 is 0. The van der Waals surface area contributed by atoms with E-state index in [-0.39, 0.29) is 18.2 Å². The molecule has 2 amide bonds. The molecule has 25 heavy (non-hydrogen) atoms. The summed E-state index contributed by atoms with van der Waals surface area (Å²) in [4.78, 5) is 23.3. The van der Waals surface area contributed by atoms with Gasteiger partial charge in [0.1, 0.15) is 5.75 Å². The van der Waals surface area contributed by atoms with Crippen LogP contribution in [0.15, 0.2) is 42.5 Å². The molecular weight excluding hydrogens is 316 g/mol. The first-order chi connectivity index (χ1) is 12.0. The summed E-state index contributed by atoms with van der Waals surface area (Å²) in [6, 6.07) is 13.3. The van der Waals surface area contributed by atoms with Crippen molar-refractivity contribution in [3.05, 3.63) is 59.2 Å². The first-order valence-corrected chi connectivity index (χ1v) is 8.27. The van der Waals surface area contributed by atoms with E-state index in [1.165, 1.54) is 0 Å². The quantitative estimate of drug-likeness (QED) is 0.814. The number of hydrogen-bond acceptors (Lipinski definition) is 3. The minimum atomic E-state index is -0.107. The molecule has 0 atom stereocenters. The van der Waals surface area contributed by atoms with Crippen LogP contribution in [0.1, 0.15) is 23.1 Å². The Bertz CT molecular complexity index is 739. The molecule has 132 valence electrons. The number of hydrogen-bond donors (Lipinski definition) is 2.